The summed E-state index contributed by atoms with van der Waals surface area (Å²) in [6.07, 6.45) is 12.1. The lowest BCUT2D eigenvalue weighted by atomic mass is 9.80. The number of carboxylic acids is 1. The van der Waals surface area contributed by atoms with Crippen LogP contribution >= 0.6 is 0 Å². The Morgan fingerprint density at radius 2 is 1.95 bits per heavy atom. The first-order valence-corrected chi connectivity index (χ1v) is 13.8. The molecule has 37 heavy (non-hydrogen) atoms. The van der Waals surface area contributed by atoms with Crippen molar-refractivity contribution < 1.29 is 14.3 Å². The second kappa shape index (κ2) is 10.5. The molecule has 0 radical (unpaired) electrons. The van der Waals surface area contributed by atoms with Crippen LogP contribution in [-0.2, 0) is 4.79 Å². The monoisotopic (exact) mass is 505 g/mol. The maximum absolute atomic E-state index is 14.2. The molecule has 196 valence electrons. The molecule has 8 heteroatoms. The zero-order valence-corrected chi connectivity index (χ0v) is 21.3. The quantitative estimate of drug-likeness (QED) is 0.489. The van der Waals surface area contributed by atoms with Crippen molar-refractivity contribution >= 4 is 11.7 Å². The highest BCUT2D eigenvalue weighted by Crippen LogP contribution is 2.39. The van der Waals surface area contributed by atoms with Crippen LogP contribution in [0, 0.1) is 17.7 Å². The molecule has 7 nitrogen and oxygen atoms in total. The van der Waals surface area contributed by atoms with Gasteiger partial charge >= 0.3 is 5.97 Å². The van der Waals surface area contributed by atoms with Gasteiger partial charge in [0.05, 0.1) is 6.20 Å². The van der Waals surface area contributed by atoms with Crippen molar-refractivity contribution in [2.75, 3.05) is 32.7 Å². The van der Waals surface area contributed by atoms with Gasteiger partial charge in [0.15, 0.2) is 0 Å². The Bertz CT molecular complexity index is 1240. The van der Waals surface area contributed by atoms with Gasteiger partial charge in [-0.15, -0.1) is 0 Å². The second-order valence-corrected chi connectivity index (χ2v) is 11.3. The minimum absolute atomic E-state index is 0.140. The summed E-state index contributed by atoms with van der Waals surface area (Å²) in [6.45, 7) is 4.34. The van der Waals surface area contributed by atoms with Crippen molar-refractivity contribution in [3.05, 3.63) is 66.0 Å². The van der Waals surface area contributed by atoms with Crippen LogP contribution < -0.4 is 0 Å². The van der Waals surface area contributed by atoms with Gasteiger partial charge in [-0.05, 0) is 68.0 Å². The molecule has 0 amide bonds. The number of likely N-dealkylation sites (tertiary alicyclic amines) is 2. The zero-order valence-electron chi connectivity index (χ0n) is 21.3. The van der Waals surface area contributed by atoms with E-state index in [1.54, 1.807) is 18.3 Å². The molecule has 1 aliphatic carbocycles. The molecule has 0 spiro atoms. The number of carboxylic acid groups (broad SMARTS) is 1. The number of aromatic nitrogens is 3. The summed E-state index contributed by atoms with van der Waals surface area (Å²) < 4.78 is 16.3. The number of benzene rings is 1. The third kappa shape index (κ3) is 5.14. The molecular weight excluding hydrogens is 469 g/mol. The van der Waals surface area contributed by atoms with E-state index in [-0.39, 0.29) is 17.7 Å². The molecule has 0 bridgehead atoms. The highest BCUT2D eigenvalue weighted by molar-refractivity contribution is 5.73. The van der Waals surface area contributed by atoms with Gasteiger partial charge in [-0.2, -0.15) is 0 Å². The minimum atomic E-state index is -0.714. The highest BCUT2D eigenvalue weighted by Gasteiger charge is 2.41. The summed E-state index contributed by atoms with van der Waals surface area (Å²) in [6, 6.07) is 8.43. The number of halogens is 1. The lowest BCUT2D eigenvalue weighted by Crippen LogP contribution is -2.43. The van der Waals surface area contributed by atoms with E-state index >= 15 is 0 Å². The number of nitrogens with zero attached hydrogens (tertiary/aromatic N) is 5. The Morgan fingerprint density at radius 1 is 1.11 bits per heavy atom. The predicted octanol–water partition coefficient (Wildman–Crippen LogP) is 4.41. The third-order valence-corrected chi connectivity index (χ3v) is 9.07. The molecular formula is C29H36FN5O2. The Balaban J connectivity index is 1.15. The van der Waals surface area contributed by atoms with Crippen LogP contribution in [0.2, 0.25) is 0 Å². The van der Waals surface area contributed by atoms with Crippen LogP contribution in [0.3, 0.4) is 0 Å². The van der Waals surface area contributed by atoms with Crippen molar-refractivity contribution in [1.82, 2.24) is 24.2 Å². The van der Waals surface area contributed by atoms with Crippen LogP contribution in [0.1, 0.15) is 61.6 Å². The van der Waals surface area contributed by atoms with Gasteiger partial charge in [-0.3, -0.25) is 14.1 Å². The first kappa shape index (κ1) is 24.5. The maximum Gasteiger partial charge on any atom is 0.320 e. The summed E-state index contributed by atoms with van der Waals surface area (Å²) >= 11 is 0. The van der Waals surface area contributed by atoms with Gasteiger partial charge in [0, 0.05) is 49.6 Å². The summed E-state index contributed by atoms with van der Waals surface area (Å²) in [4.78, 5) is 25.8. The lowest BCUT2D eigenvalue weighted by Gasteiger charge is -2.35. The largest absolute Gasteiger partial charge is 0.480 e. The van der Waals surface area contributed by atoms with Crippen molar-refractivity contribution in [3.8, 4) is 0 Å². The number of rotatable bonds is 8. The summed E-state index contributed by atoms with van der Waals surface area (Å²) in [5.41, 5.74) is 2.22. The third-order valence-electron chi connectivity index (χ3n) is 9.07. The highest BCUT2D eigenvalue weighted by atomic mass is 19.1. The lowest BCUT2D eigenvalue weighted by molar-refractivity contribution is -0.144. The van der Waals surface area contributed by atoms with Crippen LogP contribution in [0.25, 0.3) is 5.78 Å². The molecule has 2 saturated heterocycles. The number of fused-ring (bicyclic) bond motifs is 1. The molecule has 1 N–H and O–H groups in total. The fourth-order valence-electron chi connectivity index (χ4n) is 6.80. The van der Waals surface area contributed by atoms with Crippen LogP contribution in [0.4, 0.5) is 4.39 Å². The molecule has 1 saturated carbocycles. The smallest absolute Gasteiger partial charge is 0.320 e. The molecule has 4 heterocycles. The van der Waals surface area contributed by atoms with Crippen molar-refractivity contribution in [2.24, 2.45) is 11.8 Å². The van der Waals surface area contributed by atoms with Gasteiger partial charge in [0.2, 0.25) is 5.78 Å². The van der Waals surface area contributed by atoms with Crippen molar-refractivity contribution in [2.45, 2.75) is 56.4 Å². The topological polar surface area (TPSA) is 74.0 Å². The fraction of sp³-hybridized carbons (Fsp3) is 0.552. The average molecular weight is 506 g/mol. The van der Waals surface area contributed by atoms with E-state index in [9.17, 15) is 14.3 Å². The molecule has 1 unspecified atom stereocenters. The van der Waals surface area contributed by atoms with Gasteiger partial charge in [0.1, 0.15) is 11.9 Å². The number of hydrogen-bond acceptors (Lipinski definition) is 5. The van der Waals surface area contributed by atoms with E-state index in [0.29, 0.717) is 18.4 Å². The SMILES string of the molecule is O=C(O)[C@H](CC1CCC1)N1CC(CN2CCC(c3cnc4ncccn34)CC2)[C@@H](c2cccc(F)c2)C1. The normalized spacial score (nSPS) is 24.9. The Hall–Kier alpha value is -2.84. The molecule has 3 fully saturated rings. The van der Waals surface area contributed by atoms with E-state index in [1.807, 2.05) is 24.5 Å². The van der Waals surface area contributed by atoms with Crippen molar-refractivity contribution in [3.63, 3.8) is 0 Å². The van der Waals surface area contributed by atoms with Gasteiger partial charge < -0.3 is 10.0 Å². The fourth-order valence-corrected chi connectivity index (χ4v) is 6.80. The number of hydrogen-bond donors (Lipinski definition) is 1. The number of carbonyl (C=O) groups is 1. The molecule has 6 rings (SSSR count). The standard InChI is InChI=1S/C29H36FN5O2/c30-24-7-2-6-22(15-24)25-19-34(26(28(36)37)14-20-4-1-5-20)18-23(25)17-33-12-8-21(9-13-33)27-16-32-29-31-10-3-11-35(27)29/h2-3,6-7,10-11,15-16,20-21,23,25-26H,1,4-5,8-9,12-14,17-19H2,(H,36,37)/t23?,25-,26+/m1/s1. The second-order valence-electron chi connectivity index (χ2n) is 11.3. The van der Waals surface area contributed by atoms with Gasteiger partial charge in [-0.25, -0.2) is 14.4 Å². The predicted molar refractivity (Wildman–Crippen MR) is 139 cm³/mol. The molecule has 3 aromatic rings. The van der Waals surface area contributed by atoms with Gasteiger partial charge in [-0.1, -0.05) is 31.4 Å². The molecule has 3 atom stereocenters. The van der Waals surface area contributed by atoms with E-state index in [2.05, 4.69) is 24.2 Å². The number of piperidine rings is 1. The summed E-state index contributed by atoms with van der Waals surface area (Å²) in [5.74, 6) is 1.22. The number of imidazole rings is 1. The number of aliphatic carboxylic acids is 1. The van der Waals surface area contributed by atoms with E-state index < -0.39 is 12.0 Å². The Morgan fingerprint density at radius 3 is 2.68 bits per heavy atom. The van der Waals surface area contributed by atoms with Crippen LogP contribution in [-0.4, -0.2) is 74.0 Å². The van der Waals surface area contributed by atoms with E-state index in [1.165, 1.54) is 18.2 Å². The first-order valence-electron chi connectivity index (χ1n) is 13.8. The molecule has 2 aliphatic heterocycles. The van der Waals surface area contributed by atoms with Gasteiger partial charge in [0.25, 0.3) is 0 Å². The molecule has 2 aromatic heterocycles. The van der Waals surface area contributed by atoms with E-state index in [4.69, 9.17) is 0 Å². The minimum Gasteiger partial charge on any atom is -0.480 e. The van der Waals surface area contributed by atoms with E-state index in [0.717, 1.165) is 69.6 Å². The summed E-state index contributed by atoms with van der Waals surface area (Å²) in [7, 11) is 0. The Kier molecular flexibility index (Phi) is 6.95. The Labute approximate surface area is 217 Å². The van der Waals surface area contributed by atoms with Crippen LogP contribution in [0.15, 0.2) is 48.9 Å². The average Bonchev–Trinajstić information content (AvgIpc) is 3.48. The first-order chi connectivity index (χ1) is 18.0. The van der Waals surface area contributed by atoms with Crippen LogP contribution in [0.5, 0.6) is 0 Å². The molecule has 1 aromatic carbocycles. The van der Waals surface area contributed by atoms with Crippen molar-refractivity contribution in [1.29, 1.82) is 0 Å². The zero-order chi connectivity index (χ0) is 25.4. The maximum atomic E-state index is 14.2. The summed E-state index contributed by atoms with van der Waals surface area (Å²) in [5, 5.41) is 10.1. The molecule has 3 aliphatic rings.